The van der Waals surface area contributed by atoms with Crippen LogP contribution < -0.4 is 4.74 Å². The zero-order valence-corrected chi connectivity index (χ0v) is 11.6. The number of benzene rings is 2. The molecule has 0 fully saturated rings. The van der Waals surface area contributed by atoms with E-state index < -0.39 is 11.3 Å². The maximum Gasteiger partial charge on any atom is 0.328 e. The largest absolute Gasteiger partial charge is 0.496 e. The first-order valence-electron chi connectivity index (χ1n) is 6.05. The molecule has 2 aromatic rings. The zero-order valence-electron chi connectivity index (χ0n) is 10.9. The lowest BCUT2D eigenvalue weighted by Crippen LogP contribution is -2.12. The van der Waals surface area contributed by atoms with Crippen molar-refractivity contribution in [1.29, 1.82) is 0 Å². The third-order valence-corrected chi connectivity index (χ3v) is 3.29. The van der Waals surface area contributed by atoms with Gasteiger partial charge in [0.2, 0.25) is 0 Å². The third kappa shape index (κ3) is 2.66. The summed E-state index contributed by atoms with van der Waals surface area (Å²) in [6.45, 7) is 2.05. The predicted molar refractivity (Wildman–Crippen MR) is 75.7 cm³/mol. The summed E-state index contributed by atoms with van der Waals surface area (Å²) in [5, 5.41) is 1.03. The lowest BCUT2D eigenvalue weighted by atomic mass is 10.0. The van der Waals surface area contributed by atoms with Gasteiger partial charge in [-0.25, -0.2) is 0 Å². The Morgan fingerprint density at radius 3 is 2.68 bits per heavy atom. The Bertz CT molecular complexity index is 595. The predicted octanol–water partition coefficient (Wildman–Crippen LogP) is 3.69. The lowest BCUT2D eigenvalue weighted by molar-refractivity contribution is -0.142. The molecule has 0 saturated carbocycles. The molecular formula is C15H15ClO3. The molecule has 3 nitrogen and oxygen atoms in total. The fourth-order valence-electron chi connectivity index (χ4n) is 2.05. The molecule has 0 aromatic heterocycles. The lowest BCUT2D eigenvalue weighted by Gasteiger charge is -2.15. The molecule has 0 aliphatic rings. The number of rotatable bonds is 4. The Morgan fingerprint density at radius 1 is 1.26 bits per heavy atom. The van der Waals surface area contributed by atoms with Crippen molar-refractivity contribution < 1.29 is 14.3 Å². The van der Waals surface area contributed by atoms with E-state index in [1.807, 2.05) is 36.4 Å². The number of hydrogen-bond acceptors (Lipinski definition) is 3. The fraction of sp³-hybridized carbons (Fsp3) is 0.267. The van der Waals surface area contributed by atoms with Gasteiger partial charge in [0, 0.05) is 5.56 Å². The number of hydrogen-bond donors (Lipinski definition) is 0. The summed E-state index contributed by atoms with van der Waals surface area (Å²) < 4.78 is 10.3. The minimum atomic E-state index is -0.874. The minimum Gasteiger partial charge on any atom is -0.496 e. The normalized spacial score (nSPS) is 12.2. The molecule has 1 unspecified atom stereocenters. The van der Waals surface area contributed by atoms with E-state index in [2.05, 4.69) is 0 Å². The summed E-state index contributed by atoms with van der Waals surface area (Å²) in [5.41, 5.74) is 0.653. The van der Waals surface area contributed by atoms with E-state index in [9.17, 15) is 4.79 Å². The van der Waals surface area contributed by atoms with Gasteiger partial charge in [-0.2, -0.15) is 0 Å². The number of carbonyl (C=O) groups is 1. The molecule has 1 atom stereocenters. The molecule has 2 rings (SSSR count). The van der Waals surface area contributed by atoms with Gasteiger partial charge in [0.25, 0.3) is 0 Å². The molecule has 4 heteroatoms. The van der Waals surface area contributed by atoms with E-state index in [-0.39, 0.29) is 0 Å². The average Bonchev–Trinajstić information content (AvgIpc) is 2.45. The molecule has 0 heterocycles. The quantitative estimate of drug-likeness (QED) is 0.632. The van der Waals surface area contributed by atoms with Crippen LogP contribution >= 0.6 is 11.6 Å². The second-order valence-electron chi connectivity index (χ2n) is 4.02. The van der Waals surface area contributed by atoms with E-state index in [1.165, 1.54) is 0 Å². The van der Waals surface area contributed by atoms with Gasteiger partial charge in [0.05, 0.1) is 13.7 Å². The van der Waals surface area contributed by atoms with Crippen LogP contribution in [0.4, 0.5) is 0 Å². The highest BCUT2D eigenvalue weighted by Crippen LogP contribution is 2.36. The molecular weight excluding hydrogens is 264 g/mol. The maximum absolute atomic E-state index is 11.8. The monoisotopic (exact) mass is 278 g/mol. The first kappa shape index (κ1) is 13.7. The van der Waals surface area contributed by atoms with Gasteiger partial charge in [-0.1, -0.05) is 30.3 Å². The van der Waals surface area contributed by atoms with E-state index in [0.29, 0.717) is 17.9 Å². The molecule has 0 spiro atoms. The molecule has 0 N–H and O–H groups in total. The topological polar surface area (TPSA) is 35.5 Å². The van der Waals surface area contributed by atoms with E-state index >= 15 is 0 Å². The minimum absolute atomic E-state index is 0.301. The zero-order chi connectivity index (χ0) is 13.8. The van der Waals surface area contributed by atoms with Crippen molar-refractivity contribution in [2.24, 2.45) is 0 Å². The fourth-order valence-corrected chi connectivity index (χ4v) is 2.34. The highest BCUT2D eigenvalue weighted by Gasteiger charge is 2.24. The highest BCUT2D eigenvalue weighted by molar-refractivity contribution is 6.31. The Hall–Kier alpha value is -1.74. The molecule has 0 bridgehead atoms. The Labute approximate surface area is 117 Å². The van der Waals surface area contributed by atoms with Gasteiger partial charge in [-0.3, -0.25) is 4.79 Å². The number of halogens is 1. The van der Waals surface area contributed by atoms with Crippen LogP contribution in [0.15, 0.2) is 36.4 Å². The average molecular weight is 279 g/mol. The number of ether oxygens (including phenoxy) is 2. The maximum atomic E-state index is 11.8. The number of fused-ring (bicyclic) bond motifs is 1. The van der Waals surface area contributed by atoms with Crippen molar-refractivity contribution in [1.82, 2.24) is 0 Å². The standard InChI is InChI=1S/C15H15ClO3/c1-3-19-15(17)14(16)13-11-7-5-4-6-10(11)8-9-12(13)18-2/h4-9,14H,3H2,1-2H3. The SMILES string of the molecule is CCOC(=O)C(Cl)c1c(OC)ccc2ccccc12. The van der Waals surface area contributed by atoms with Gasteiger partial charge in [-0.05, 0) is 23.8 Å². The third-order valence-electron chi connectivity index (χ3n) is 2.90. The molecule has 2 aromatic carbocycles. The number of esters is 1. The number of alkyl halides is 1. The number of methoxy groups -OCH3 is 1. The second-order valence-corrected chi connectivity index (χ2v) is 4.45. The molecule has 0 saturated heterocycles. The van der Waals surface area contributed by atoms with Crippen LogP contribution in [0.25, 0.3) is 10.8 Å². The highest BCUT2D eigenvalue weighted by atomic mass is 35.5. The summed E-state index contributed by atoms with van der Waals surface area (Å²) in [5.74, 6) is 0.130. The smallest absolute Gasteiger partial charge is 0.328 e. The molecule has 0 amide bonds. The van der Waals surface area contributed by atoms with Crippen LogP contribution in [0.3, 0.4) is 0 Å². The molecule has 100 valence electrons. The summed E-state index contributed by atoms with van der Waals surface area (Å²) in [6, 6.07) is 11.5. The van der Waals surface area contributed by atoms with Crippen LogP contribution in [-0.4, -0.2) is 19.7 Å². The van der Waals surface area contributed by atoms with Crippen LogP contribution in [0, 0.1) is 0 Å². The Morgan fingerprint density at radius 2 is 2.00 bits per heavy atom. The number of carbonyl (C=O) groups excluding carboxylic acids is 1. The van der Waals surface area contributed by atoms with E-state index in [4.69, 9.17) is 21.1 Å². The molecule has 19 heavy (non-hydrogen) atoms. The van der Waals surface area contributed by atoms with Crippen LogP contribution in [0.1, 0.15) is 17.9 Å². The molecule has 0 aliphatic carbocycles. The van der Waals surface area contributed by atoms with Crippen molar-refractivity contribution in [3.63, 3.8) is 0 Å². The van der Waals surface area contributed by atoms with Crippen molar-refractivity contribution in [2.45, 2.75) is 12.3 Å². The second kappa shape index (κ2) is 5.93. The molecule has 0 aliphatic heterocycles. The first-order chi connectivity index (χ1) is 9.19. The van der Waals surface area contributed by atoms with Crippen LogP contribution in [0.5, 0.6) is 5.75 Å². The summed E-state index contributed by atoms with van der Waals surface area (Å²) in [6.07, 6.45) is 0. The first-order valence-corrected chi connectivity index (χ1v) is 6.49. The van der Waals surface area contributed by atoms with Gasteiger partial charge in [-0.15, -0.1) is 11.6 Å². The van der Waals surface area contributed by atoms with Crippen molar-refractivity contribution >= 4 is 28.3 Å². The van der Waals surface area contributed by atoms with Crippen molar-refractivity contribution in [3.05, 3.63) is 42.0 Å². The Kier molecular flexibility index (Phi) is 4.27. The van der Waals surface area contributed by atoms with Crippen molar-refractivity contribution in [2.75, 3.05) is 13.7 Å². The van der Waals surface area contributed by atoms with Gasteiger partial charge in [0.15, 0.2) is 5.38 Å². The van der Waals surface area contributed by atoms with E-state index in [1.54, 1.807) is 14.0 Å². The summed E-state index contributed by atoms with van der Waals surface area (Å²) in [4.78, 5) is 11.8. The van der Waals surface area contributed by atoms with Gasteiger partial charge < -0.3 is 9.47 Å². The van der Waals surface area contributed by atoms with Crippen LogP contribution in [-0.2, 0) is 9.53 Å². The van der Waals surface area contributed by atoms with Gasteiger partial charge >= 0.3 is 5.97 Å². The van der Waals surface area contributed by atoms with Crippen molar-refractivity contribution in [3.8, 4) is 5.75 Å². The van der Waals surface area contributed by atoms with Gasteiger partial charge in [0.1, 0.15) is 5.75 Å². The Balaban J connectivity index is 2.58. The van der Waals surface area contributed by atoms with E-state index in [0.717, 1.165) is 10.8 Å². The summed E-state index contributed by atoms with van der Waals surface area (Å²) >= 11 is 6.24. The van der Waals surface area contributed by atoms with Crippen LogP contribution in [0.2, 0.25) is 0 Å². The molecule has 0 radical (unpaired) electrons. The summed E-state index contributed by atoms with van der Waals surface area (Å²) in [7, 11) is 1.56.